The van der Waals surface area contributed by atoms with Crippen LogP contribution in [0.15, 0.2) is 36.4 Å². The molecule has 2 aromatic rings. The second-order valence-electron chi connectivity index (χ2n) is 6.06. The van der Waals surface area contributed by atoms with Crippen LogP contribution in [0.4, 0.5) is 11.4 Å². The van der Waals surface area contributed by atoms with E-state index < -0.39 is 0 Å². The molecular formula is C19H19ClN2O2. The van der Waals surface area contributed by atoms with Crippen LogP contribution in [0.5, 0.6) is 0 Å². The molecule has 24 heavy (non-hydrogen) atoms. The van der Waals surface area contributed by atoms with Gasteiger partial charge in [0.15, 0.2) is 0 Å². The summed E-state index contributed by atoms with van der Waals surface area (Å²) in [4.78, 5) is 26.2. The van der Waals surface area contributed by atoms with Crippen LogP contribution < -0.4 is 10.2 Å². The molecule has 4 nitrogen and oxygen atoms in total. The van der Waals surface area contributed by atoms with Gasteiger partial charge in [-0.25, -0.2) is 0 Å². The summed E-state index contributed by atoms with van der Waals surface area (Å²) in [6.07, 6.45) is 1.50. The summed E-state index contributed by atoms with van der Waals surface area (Å²) < 4.78 is 0. The molecule has 0 radical (unpaired) electrons. The van der Waals surface area contributed by atoms with Crippen LogP contribution in [-0.4, -0.2) is 18.4 Å². The summed E-state index contributed by atoms with van der Waals surface area (Å²) in [6, 6.07) is 10.9. The molecular weight excluding hydrogens is 324 g/mol. The first-order valence-corrected chi connectivity index (χ1v) is 8.32. The average molecular weight is 343 g/mol. The van der Waals surface area contributed by atoms with Crippen LogP contribution in [0.1, 0.15) is 34.3 Å². The lowest BCUT2D eigenvalue weighted by atomic mass is 10.1. The minimum atomic E-state index is -0.195. The maximum Gasteiger partial charge on any atom is 0.255 e. The molecule has 0 saturated carbocycles. The van der Waals surface area contributed by atoms with Crippen LogP contribution in [0, 0.1) is 13.8 Å². The van der Waals surface area contributed by atoms with Gasteiger partial charge in [-0.2, -0.15) is 0 Å². The lowest BCUT2D eigenvalue weighted by molar-refractivity contribution is -0.117. The molecule has 0 aromatic heterocycles. The number of amides is 2. The zero-order valence-corrected chi connectivity index (χ0v) is 14.5. The summed E-state index contributed by atoms with van der Waals surface area (Å²) in [5, 5.41) is 3.43. The normalized spacial score (nSPS) is 14.1. The van der Waals surface area contributed by atoms with Crippen molar-refractivity contribution in [2.75, 3.05) is 16.8 Å². The second kappa shape index (κ2) is 6.65. The number of nitrogens with one attached hydrogen (secondary N) is 1. The molecule has 0 aliphatic carbocycles. The Hall–Kier alpha value is -2.33. The molecule has 1 fully saturated rings. The zero-order valence-electron chi connectivity index (χ0n) is 13.7. The molecule has 1 aliphatic rings. The van der Waals surface area contributed by atoms with E-state index in [-0.39, 0.29) is 11.8 Å². The van der Waals surface area contributed by atoms with Crippen molar-refractivity contribution in [2.45, 2.75) is 26.7 Å². The average Bonchev–Trinajstić information content (AvgIpc) is 2.96. The molecule has 1 heterocycles. The molecule has 124 valence electrons. The van der Waals surface area contributed by atoms with E-state index in [1.54, 1.807) is 12.1 Å². The van der Waals surface area contributed by atoms with Crippen molar-refractivity contribution in [3.63, 3.8) is 0 Å². The molecule has 2 aromatic carbocycles. The minimum absolute atomic E-state index is 0.157. The third kappa shape index (κ3) is 3.29. The van der Waals surface area contributed by atoms with E-state index in [4.69, 9.17) is 11.6 Å². The number of anilines is 2. The van der Waals surface area contributed by atoms with Gasteiger partial charge in [0.2, 0.25) is 5.91 Å². The Morgan fingerprint density at radius 3 is 2.58 bits per heavy atom. The fraction of sp³-hybridized carbons (Fsp3) is 0.263. The second-order valence-corrected chi connectivity index (χ2v) is 6.50. The fourth-order valence-electron chi connectivity index (χ4n) is 2.98. The zero-order chi connectivity index (χ0) is 17.3. The first-order valence-electron chi connectivity index (χ1n) is 7.94. The Morgan fingerprint density at radius 1 is 1.12 bits per heavy atom. The lowest BCUT2D eigenvalue weighted by Crippen LogP contribution is -2.24. The molecule has 0 spiro atoms. The van der Waals surface area contributed by atoms with Crippen LogP contribution >= 0.6 is 11.6 Å². The van der Waals surface area contributed by atoms with E-state index in [1.165, 1.54) is 0 Å². The van der Waals surface area contributed by atoms with Crippen molar-refractivity contribution in [1.82, 2.24) is 0 Å². The van der Waals surface area contributed by atoms with E-state index in [1.807, 2.05) is 43.0 Å². The molecule has 2 amide bonds. The number of nitrogens with zero attached hydrogens (tertiary/aromatic N) is 1. The molecule has 5 heteroatoms. The number of benzene rings is 2. The number of rotatable bonds is 3. The first-order chi connectivity index (χ1) is 11.5. The predicted molar refractivity (Wildman–Crippen MR) is 96.9 cm³/mol. The highest BCUT2D eigenvalue weighted by molar-refractivity contribution is 6.31. The maximum absolute atomic E-state index is 12.5. The Kier molecular flexibility index (Phi) is 4.58. The van der Waals surface area contributed by atoms with Crippen molar-refractivity contribution in [3.8, 4) is 0 Å². The van der Waals surface area contributed by atoms with Gasteiger partial charge >= 0.3 is 0 Å². The van der Waals surface area contributed by atoms with Gasteiger partial charge < -0.3 is 10.2 Å². The minimum Gasteiger partial charge on any atom is -0.322 e. The third-order valence-electron chi connectivity index (χ3n) is 4.26. The monoisotopic (exact) mass is 342 g/mol. The Balaban J connectivity index is 1.81. The van der Waals surface area contributed by atoms with E-state index in [9.17, 15) is 9.59 Å². The van der Waals surface area contributed by atoms with Crippen LogP contribution in [0.25, 0.3) is 0 Å². The van der Waals surface area contributed by atoms with E-state index in [0.717, 1.165) is 29.8 Å². The van der Waals surface area contributed by atoms with Crippen molar-refractivity contribution >= 4 is 34.8 Å². The largest absolute Gasteiger partial charge is 0.322 e. The lowest BCUT2D eigenvalue weighted by Gasteiger charge is -2.19. The topological polar surface area (TPSA) is 49.4 Å². The maximum atomic E-state index is 12.5. The quantitative estimate of drug-likeness (QED) is 0.902. The SMILES string of the molecule is Cc1ccc(Cl)cc1C(=O)Nc1ccc(N2CCCC2=O)c(C)c1. The van der Waals surface area contributed by atoms with Crippen molar-refractivity contribution in [3.05, 3.63) is 58.1 Å². The van der Waals surface area contributed by atoms with E-state index >= 15 is 0 Å². The van der Waals surface area contributed by atoms with Crippen LogP contribution in [0.3, 0.4) is 0 Å². The van der Waals surface area contributed by atoms with E-state index in [0.29, 0.717) is 22.7 Å². The van der Waals surface area contributed by atoms with Gasteiger partial charge in [0.25, 0.3) is 5.91 Å². The number of aryl methyl sites for hydroxylation is 2. The molecule has 0 atom stereocenters. The standard InChI is InChI=1S/C19H19ClN2O2/c1-12-5-6-14(20)11-16(12)19(24)21-15-7-8-17(13(2)10-15)22-9-3-4-18(22)23/h5-8,10-11H,3-4,9H2,1-2H3,(H,21,24). The summed E-state index contributed by atoms with van der Waals surface area (Å²) in [6.45, 7) is 4.58. The number of carbonyl (C=O) groups is 2. The molecule has 1 saturated heterocycles. The van der Waals surface area contributed by atoms with Crippen LogP contribution in [-0.2, 0) is 4.79 Å². The summed E-state index contributed by atoms with van der Waals surface area (Å²) >= 11 is 5.98. The highest BCUT2D eigenvalue weighted by Gasteiger charge is 2.23. The van der Waals surface area contributed by atoms with Gasteiger partial charge in [-0.15, -0.1) is 0 Å². The molecule has 0 bridgehead atoms. The molecule has 3 rings (SSSR count). The van der Waals surface area contributed by atoms with Crippen molar-refractivity contribution in [2.24, 2.45) is 0 Å². The van der Waals surface area contributed by atoms with Gasteiger partial charge in [-0.1, -0.05) is 17.7 Å². The van der Waals surface area contributed by atoms with E-state index in [2.05, 4.69) is 5.32 Å². The molecule has 1 N–H and O–H groups in total. The highest BCUT2D eigenvalue weighted by Crippen LogP contribution is 2.28. The summed E-state index contributed by atoms with van der Waals surface area (Å²) in [5.41, 5.74) is 4.00. The third-order valence-corrected chi connectivity index (χ3v) is 4.50. The molecule has 0 unspecified atom stereocenters. The van der Waals surface area contributed by atoms with Crippen molar-refractivity contribution in [1.29, 1.82) is 0 Å². The van der Waals surface area contributed by atoms with Gasteiger partial charge in [0.05, 0.1) is 0 Å². The summed E-state index contributed by atoms with van der Waals surface area (Å²) in [7, 11) is 0. The van der Waals surface area contributed by atoms with Crippen molar-refractivity contribution < 1.29 is 9.59 Å². The summed E-state index contributed by atoms with van der Waals surface area (Å²) in [5.74, 6) is -0.0381. The number of carbonyl (C=O) groups excluding carboxylic acids is 2. The number of halogens is 1. The van der Waals surface area contributed by atoms with Gasteiger partial charge in [0, 0.05) is 34.9 Å². The predicted octanol–water partition coefficient (Wildman–Crippen LogP) is 4.34. The van der Waals surface area contributed by atoms with Gasteiger partial charge in [-0.3, -0.25) is 9.59 Å². The highest BCUT2D eigenvalue weighted by atomic mass is 35.5. The number of hydrogen-bond donors (Lipinski definition) is 1. The van der Waals surface area contributed by atoms with Gasteiger partial charge in [-0.05, 0) is 61.7 Å². The fourth-order valence-corrected chi connectivity index (χ4v) is 3.15. The van der Waals surface area contributed by atoms with Crippen LogP contribution in [0.2, 0.25) is 5.02 Å². The number of hydrogen-bond acceptors (Lipinski definition) is 2. The Morgan fingerprint density at radius 2 is 1.92 bits per heavy atom. The smallest absolute Gasteiger partial charge is 0.255 e. The first kappa shape index (κ1) is 16.5. The van der Waals surface area contributed by atoms with Gasteiger partial charge in [0.1, 0.15) is 0 Å². The Bertz CT molecular complexity index is 817. The Labute approximate surface area is 146 Å². The molecule has 1 aliphatic heterocycles.